The summed E-state index contributed by atoms with van der Waals surface area (Å²) < 4.78 is 14.0. The molecule has 0 amide bonds. The smallest absolute Gasteiger partial charge is 0.124 e. The van der Waals surface area contributed by atoms with Gasteiger partial charge in [-0.2, -0.15) is 0 Å². The fourth-order valence-corrected chi connectivity index (χ4v) is 2.92. The molecule has 102 valence electrons. The van der Waals surface area contributed by atoms with Gasteiger partial charge in [0.25, 0.3) is 0 Å². The standard InChI is InChI=1S/C14H22FIN2/c1-2-3-4-5-6-7-14(18-17)12-9-8-11(15)10-13(12)16/h8-10,14,18H,2-7,17H2,1H3. The van der Waals surface area contributed by atoms with E-state index in [2.05, 4.69) is 34.9 Å². The van der Waals surface area contributed by atoms with E-state index < -0.39 is 0 Å². The minimum atomic E-state index is -0.193. The molecule has 3 N–H and O–H groups in total. The molecule has 0 aliphatic carbocycles. The van der Waals surface area contributed by atoms with Gasteiger partial charge >= 0.3 is 0 Å². The Bertz CT molecular complexity index is 358. The summed E-state index contributed by atoms with van der Waals surface area (Å²) in [6.07, 6.45) is 7.24. The van der Waals surface area contributed by atoms with E-state index in [0.29, 0.717) is 0 Å². The van der Waals surface area contributed by atoms with Gasteiger partial charge in [0, 0.05) is 9.61 Å². The third-order valence-electron chi connectivity index (χ3n) is 3.14. The highest BCUT2D eigenvalue weighted by atomic mass is 127. The van der Waals surface area contributed by atoms with Crippen molar-refractivity contribution in [3.63, 3.8) is 0 Å². The van der Waals surface area contributed by atoms with Crippen LogP contribution >= 0.6 is 22.6 Å². The van der Waals surface area contributed by atoms with Crippen LogP contribution in [0.25, 0.3) is 0 Å². The summed E-state index contributed by atoms with van der Waals surface area (Å²) in [5.74, 6) is 5.41. The molecule has 0 radical (unpaired) electrons. The zero-order valence-electron chi connectivity index (χ0n) is 10.9. The number of hydrogen-bond acceptors (Lipinski definition) is 2. The van der Waals surface area contributed by atoms with Gasteiger partial charge in [-0.15, -0.1) is 0 Å². The quantitative estimate of drug-likeness (QED) is 0.313. The van der Waals surface area contributed by atoms with Crippen molar-refractivity contribution in [1.82, 2.24) is 5.43 Å². The molecule has 0 fully saturated rings. The fourth-order valence-electron chi connectivity index (χ4n) is 2.06. The second kappa shape index (κ2) is 8.82. The van der Waals surface area contributed by atoms with Gasteiger partial charge in [0.1, 0.15) is 5.82 Å². The van der Waals surface area contributed by atoms with E-state index in [0.717, 1.165) is 22.0 Å². The topological polar surface area (TPSA) is 38.0 Å². The van der Waals surface area contributed by atoms with Crippen molar-refractivity contribution in [3.8, 4) is 0 Å². The van der Waals surface area contributed by atoms with Gasteiger partial charge in [-0.05, 0) is 46.7 Å². The molecule has 0 aliphatic rings. The maximum atomic E-state index is 13.0. The lowest BCUT2D eigenvalue weighted by Gasteiger charge is -2.17. The van der Waals surface area contributed by atoms with Crippen LogP contribution in [0.4, 0.5) is 4.39 Å². The molecule has 0 bridgehead atoms. The van der Waals surface area contributed by atoms with E-state index in [-0.39, 0.29) is 11.9 Å². The highest BCUT2D eigenvalue weighted by Crippen LogP contribution is 2.25. The summed E-state index contributed by atoms with van der Waals surface area (Å²) in [5.41, 5.74) is 3.93. The second-order valence-corrected chi connectivity index (χ2v) is 5.75. The van der Waals surface area contributed by atoms with Crippen LogP contribution in [0.2, 0.25) is 0 Å². The zero-order valence-corrected chi connectivity index (χ0v) is 13.0. The number of benzene rings is 1. The van der Waals surface area contributed by atoms with Crippen LogP contribution in [-0.4, -0.2) is 0 Å². The third kappa shape index (κ3) is 5.20. The van der Waals surface area contributed by atoms with E-state index in [1.807, 2.05) is 6.07 Å². The number of rotatable bonds is 8. The van der Waals surface area contributed by atoms with Gasteiger partial charge in [-0.25, -0.2) is 4.39 Å². The fraction of sp³-hybridized carbons (Fsp3) is 0.571. The van der Waals surface area contributed by atoms with Gasteiger partial charge < -0.3 is 0 Å². The molecule has 0 aliphatic heterocycles. The molecule has 1 atom stereocenters. The van der Waals surface area contributed by atoms with Crippen molar-refractivity contribution in [2.24, 2.45) is 5.84 Å². The molecule has 0 saturated carbocycles. The minimum absolute atomic E-state index is 0.124. The second-order valence-electron chi connectivity index (χ2n) is 4.59. The molecule has 1 aromatic carbocycles. The first-order valence-corrected chi connectivity index (χ1v) is 7.68. The van der Waals surface area contributed by atoms with Crippen LogP contribution < -0.4 is 11.3 Å². The summed E-state index contributed by atoms with van der Waals surface area (Å²) in [5, 5.41) is 0. The summed E-state index contributed by atoms with van der Waals surface area (Å²) in [6, 6.07) is 5.00. The summed E-state index contributed by atoms with van der Waals surface area (Å²) >= 11 is 2.16. The van der Waals surface area contributed by atoms with Crippen LogP contribution in [0.15, 0.2) is 18.2 Å². The highest BCUT2D eigenvalue weighted by molar-refractivity contribution is 14.1. The van der Waals surface area contributed by atoms with Crippen LogP contribution in [0.3, 0.4) is 0 Å². The highest BCUT2D eigenvalue weighted by Gasteiger charge is 2.13. The predicted molar refractivity (Wildman–Crippen MR) is 82.6 cm³/mol. The van der Waals surface area contributed by atoms with Crippen LogP contribution in [0.1, 0.15) is 57.1 Å². The molecule has 1 rings (SSSR count). The summed E-state index contributed by atoms with van der Waals surface area (Å²) in [7, 11) is 0. The maximum Gasteiger partial charge on any atom is 0.124 e. The van der Waals surface area contributed by atoms with Crippen molar-refractivity contribution < 1.29 is 4.39 Å². The average Bonchev–Trinajstić information content (AvgIpc) is 2.35. The lowest BCUT2D eigenvalue weighted by atomic mass is 10.0. The Kier molecular flexibility index (Phi) is 7.77. The molecule has 1 aromatic rings. The summed E-state index contributed by atoms with van der Waals surface area (Å²) in [6.45, 7) is 2.21. The van der Waals surface area contributed by atoms with Crippen molar-refractivity contribution in [2.75, 3.05) is 0 Å². The van der Waals surface area contributed by atoms with E-state index in [1.165, 1.54) is 31.7 Å². The SMILES string of the molecule is CCCCCCCC(NN)c1ccc(F)cc1I. The maximum absolute atomic E-state index is 13.0. The molecular formula is C14H22FIN2. The third-order valence-corrected chi connectivity index (χ3v) is 4.07. The molecule has 18 heavy (non-hydrogen) atoms. The van der Waals surface area contributed by atoms with E-state index in [9.17, 15) is 4.39 Å². The number of nitrogens with one attached hydrogen (secondary N) is 1. The summed E-state index contributed by atoms with van der Waals surface area (Å²) in [4.78, 5) is 0. The number of hydrogen-bond donors (Lipinski definition) is 2. The molecule has 4 heteroatoms. The number of unbranched alkanes of at least 4 members (excludes halogenated alkanes) is 4. The minimum Gasteiger partial charge on any atom is -0.271 e. The van der Waals surface area contributed by atoms with Crippen LogP contribution in [0, 0.1) is 9.39 Å². The van der Waals surface area contributed by atoms with Crippen molar-refractivity contribution in [2.45, 2.75) is 51.5 Å². The molecule has 0 saturated heterocycles. The molecule has 0 heterocycles. The Morgan fingerprint density at radius 3 is 2.61 bits per heavy atom. The van der Waals surface area contributed by atoms with Crippen molar-refractivity contribution in [1.29, 1.82) is 0 Å². The molecule has 0 aromatic heterocycles. The van der Waals surface area contributed by atoms with Crippen molar-refractivity contribution in [3.05, 3.63) is 33.1 Å². The first kappa shape index (κ1) is 15.9. The molecular weight excluding hydrogens is 342 g/mol. The Morgan fingerprint density at radius 2 is 2.00 bits per heavy atom. The van der Waals surface area contributed by atoms with Crippen LogP contribution in [-0.2, 0) is 0 Å². The van der Waals surface area contributed by atoms with Gasteiger partial charge in [0.15, 0.2) is 0 Å². The van der Waals surface area contributed by atoms with Gasteiger partial charge in [0.2, 0.25) is 0 Å². The molecule has 2 nitrogen and oxygen atoms in total. The monoisotopic (exact) mass is 364 g/mol. The Morgan fingerprint density at radius 1 is 1.28 bits per heavy atom. The molecule has 0 spiro atoms. The normalized spacial score (nSPS) is 12.7. The Balaban J connectivity index is 2.49. The lowest BCUT2D eigenvalue weighted by Crippen LogP contribution is -2.28. The van der Waals surface area contributed by atoms with Gasteiger partial charge in [0.05, 0.1) is 0 Å². The number of hydrazine groups is 1. The first-order chi connectivity index (χ1) is 8.69. The molecule has 1 unspecified atom stereocenters. The Labute approximate surface area is 123 Å². The van der Waals surface area contributed by atoms with Gasteiger partial charge in [-0.1, -0.05) is 45.1 Å². The average molecular weight is 364 g/mol. The predicted octanol–water partition coefficient (Wildman–Crippen LogP) is 4.30. The number of halogens is 2. The van der Waals surface area contributed by atoms with Gasteiger partial charge in [-0.3, -0.25) is 11.3 Å². The van der Waals surface area contributed by atoms with E-state index in [1.54, 1.807) is 6.07 Å². The Hall–Kier alpha value is -0.200. The van der Waals surface area contributed by atoms with Crippen LogP contribution in [0.5, 0.6) is 0 Å². The number of nitrogens with two attached hydrogens (primary N) is 1. The van der Waals surface area contributed by atoms with E-state index in [4.69, 9.17) is 5.84 Å². The van der Waals surface area contributed by atoms with E-state index >= 15 is 0 Å². The first-order valence-electron chi connectivity index (χ1n) is 6.60. The zero-order chi connectivity index (χ0) is 13.4. The lowest BCUT2D eigenvalue weighted by molar-refractivity contribution is 0.476. The van der Waals surface area contributed by atoms with Crippen molar-refractivity contribution >= 4 is 22.6 Å². The largest absolute Gasteiger partial charge is 0.271 e.